The second-order valence-corrected chi connectivity index (χ2v) is 15.8. The summed E-state index contributed by atoms with van der Waals surface area (Å²) in [7, 11) is 0. The smallest absolute Gasteiger partial charge is 0.136 e. The number of para-hydroxylation sites is 1. The fourth-order valence-electron chi connectivity index (χ4n) is 9.88. The fraction of sp³-hybridized carbons (Fsp3) is 0.125. The van der Waals surface area contributed by atoms with E-state index < -0.39 is 0 Å². The molecule has 2 aliphatic rings. The average molecular weight is 672 g/mol. The molecular formula is C48H33NOS. The Morgan fingerprint density at radius 2 is 1.22 bits per heavy atom. The molecule has 0 amide bonds. The summed E-state index contributed by atoms with van der Waals surface area (Å²) < 4.78 is 11.7. The van der Waals surface area contributed by atoms with Crippen LogP contribution in [0.25, 0.3) is 91.9 Å². The van der Waals surface area contributed by atoms with Gasteiger partial charge in [-0.3, -0.25) is 0 Å². The van der Waals surface area contributed by atoms with Crippen LogP contribution in [0.2, 0.25) is 0 Å². The zero-order chi connectivity index (χ0) is 33.3. The Balaban J connectivity index is 1.05. The molecule has 3 aromatic heterocycles. The summed E-state index contributed by atoms with van der Waals surface area (Å²) in [6.45, 7) is 0. The van der Waals surface area contributed by atoms with Crippen LogP contribution in [-0.2, 0) is 5.41 Å². The minimum atomic E-state index is 0.121. The van der Waals surface area contributed by atoms with Crippen LogP contribution in [0.3, 0.4) is 0 Å². The molecule has 0 bridgehead atoms. The lowest BCUT2D eigenvalue weighted by Gasteiger charge is -2.35. The number of furan rings is 1. The molecule has 10 aromatic rings. The molecule has 3 heterocycles. The van der Waals surface area contributed by atoms with Gasteiger partial charge in [-0.15, -0.1) is 11.3 Å². The number of benzene rings is 7. The molecule has 1 saturated carbocycles. The Bertz CT molecular complexity index is 3070. The van der Waals surface area contributed by atoms with Crippen molar-refractivity contribution in [3.05, 3.63) is 151 Å². The van der Waals surface area contributed by atoms with Gasteiger partial charge in [-0.25, -0.2) is 0 Å². The van der Waals surface area contributed by atoms with E-state index in [0.29, 0.717) is 0 Å². The van der Waals surface area contributed by atoms with Crippen LogP contribution in [0.5, 0.6) is 0 Å². The van der Waals surface area contributed by atoms with E-state index in [1.165, 1.54) is 124 Å². The maximum absolute atomic E-state index is 6.60. The van der Waals surface area contributed by atoms with Crippen molar-refractivity contribution < 1.29 is 4.42 Å². The molecule has 1 spiro atoms. The first-order valence-corrected chi connectivity index (χ1v) is 19.1. The second kappa shape index (κ2) is 10.2. The van der Waals surface area contributed by atoms with Gasteiger partial charge in [-0.2, -0.15) is 0 Å². The van der Waals surface area contributed by atoms with Crippen molar-refractivity contribution >= 4 is 75.3 Å². The largest absolute Gasteiger partial charge is 0.456 e. The Morgan fingerprint density at radius 3 is 2.16 bits per heavy atom. The number of rotatable bonds is 2. The van der Waals surface area contributed by atoms with Gasteiger partial charge in [-0.05, 0) is 107 Å². The standard InChI is InChI=1S/C48H33NOS/c1-8-22-48(23-9-1)40-13-5-2-10-32(40)36-28-45-38(27-41(36)48)37-24-29(17-20-44(37)50-45)30-16-19-34-33-11-3-6-14-42(33)49(43(34)25-30)31-18-21-47-39(26-31)35-12-4-7-15-46(35)51-47/h2-7,10-21,24-28H,1,8-9,22-23H2. The zero-order valence-electron chi connectivity index (χ0n) is 28.1. The lowest BCUT2D eigenvalue weighted by molar-refractivity contribution is 0.353. The SMILES string of the molecule is c1ccc2c(c1)-c1cc3oc4ccc(-c5ccc6c7ccccc7n(-c7ccc8sc9ccccc9c8c7)c6c5)cc4c3cc1C21CCCCC1. The molecule has 3 heteroatoms. The van der Waals surface area contributed by atoms with Gasteiger partial charge in [0, 0.05) is 52.8 Å². The monoisotopic (exact) mass is 671 g/mol. The van der Waals surface area contributed by atoms with E-state index in [1.807, 2.05) is 11.3 Å². The summed E-state index contributed by atoms with van der Waals surface area (Å²) in [4.78, 5) is 0. The predicted molar refractivity (Wildman–Crippen MR) is 216 cm³/mol. The number of fused-ring (bicyclic) bond motifs is 14. The van der Waals surface area contributed by atoms with E-state index in [-0.39, 0.29) is 5.41 Å². The normalized spacial score (nSPS) is 15.2. The van der Waals surface area contributed by atoms with Gasteiger partial charge in [-0.1, -0.05) is 98.1 Å². The van der Waals surface area contributed by atoms with Crippen LogP contribution in [-0.4, -0.2) is 4.57 Å². The highest BCUT2D eigenvalue weighted by Gasteiger charge is 2.44. The highest BCUT2D eigenvalue weighted by molar-refractivity contribution is 7.25. The van der Waals surface area contributed by atoms with Gasteiger partial charge in [0.2, 0.25) is 0 Å². The zero-order valence-corrected chi connectivity index (χ0v) is 28.9. The molecule has 2 nitrogen and oxygen atoms in total. The number of hydrogen-bond acceptors (Lipinski definition) is 2. The first-order valence-electron chi connectivity index (χ1n) is 18.3. The van der Waals surface area contributed by atoms with Crippen LogP contribution in [0.15, 0.2) is 144 Å². The molecule has 12 rings (SSSR count). The third-order valence-electron chi connectivity index (χ3n) is 12.2. The van der Waals surface area contributed by atoms with Crippen molar-refractivity contribution in [3.8, 4) is 27.9 Å². The first kappa shape index (κ1) is 28.1. The van der Waals surface area contributed by atoms with Crippen molar-refractivity contribution in [3.63, 3.8) is 0 Å². The van der Waals surface area contributed by atoms with Crippen LogP contribution < -0.4 is 0 Å². The van der Waals surface area contributed by atoms with Crippen molar-refractivity contribution in [2.75, 3.05) is 0 Å². The lowest BCUT2D eigenvalue weighted by Crippen LogP contribution is -2.27. The molecule has 2 aliphatic carbocycles. The number of aromatic nitrogens is 1. The van der Waals surface area contributed by atoms with Crippen LogP contribution >= 0.6 is 11.3 Å². The Hall–Kier alpha value is -5.64. The highest BCUT2D eigenvalue weighted by atomic mass is 32.1. The van der Waals surface area contributed by atoms with E-state index >= 15 is 0 Å². The summed E-state index contributed by atoms with van der Waals surface area (Å²) in [5, 5.41) is 7.62. The van der Waals surface area contributed by atoms with E-state index in [2.05, 4.69) is 144 Å². The topological polar surface area (TPSA) is 18.1 Å². The van der Waals surface area contributed by atoms with Gasteiger partial charge in [0.05, 0.1) is 11.0 Å². The quantitative estimate of drug-likeness (QED) is 0.179. The van der Waals surface area contributed by atoms with Gasteiger partial charge >= 0.3 is 0 Å². The second-order valence-electron chi connectivity index (χ2n) is 14.8. The molecule has 0 radical (unpaired) electrons. The van der Waals surface area contributed by atoms with E-state index in [9.17, 15) is 0 Å². The van der Waals surface area contributed by atoms with E-state index in [0.717, 1.165) is 11.2 Å². The number of thiophene rings is 1. The molecule has 242 valence electrons. The Kier molecular flexibility index (Phi) is 5.63. The summed E-state index contributed by atoms with van der Waals surface area (Å²) >= 11 is 1.87. The maximum Gasteiger partial charge on any atom is 0.136 e. The Morgan fingerprint density at radius 1 is 0.471 bits per heavy atom. The predicted octanol–water partition coefficient (Wildman–Crippen LogP) is 13.9. The average Bonchev–Trinajstić information content (AvgIpc) is 3.91. The fourth-order valence-corrected chi connectivity index (χ4v) is 11.0. The molecule has 51 heavy (non-hydrogen) atoms. The van der Waals surface area contributed by atoms with Crippen molar-refractivity contribution in [1.82, 2.24) is 4.57 Å². The minimum absolute atomic E-state index is 0.121. The highest BCUT2D eigenvalue weighted by Crippen LogP contribution is 2.57. The molecule has 7 aromatic carbocycles. The summed E-state index contributed by atoms with van der Waals surface area (Å²) in [5.41, 5.74) is 13.9. The molecule has 0 unspecified atom stereocenters. The molecule has 0 atom stereocenters. The van der Waals surface area contributed by atoms with Gasteiger partial charge in [0.1, 0.15) is 11.2 Å². The summed E-state index contributed by atoms with van der Waals surface area (Å²) in [6.07, 6.45) is 6.38. The number of nitrogens with zero attached hydrogens (tertiary/aromatic N) is 1. The summed E-state index contributed by atoms with van der Waals surface area (Å²) in [6, 6.07) is 52.3. The third-order valence-corrected chi connectivity index (χ3v) is 13.3. The van der Waals surface area contributed by atoms with Crippen molar-refractivity contribution in [2.24, 2.45) is 0 Å². The van der Waals surface area contributed by atoms with Gasteiger partial charge in [0.25, 0.3) is 0 Å². The minimum Gasteiger partial charge on any atom is -0.456 e. The van der Waals surface area contributed by atoms with Crippen LogP contribution in [0, 0.1) is 0 Å². The first-order chi connectivity index (χ1) is 25.2. The van der Waals surface area contributed by atoms with Crippen molar-refractivity contribution in [2.45, 2.75) is 37.5 Å². The third kappa shape index (κ3) is 3.82. The Labute approximate surface area is 299 Å². The molecule has 1 fully saturated rings. The van der Waals surface area contributed by atoms with Crippen molar-refractivity contribution in [1.29, 1.82) is 0 Å². The van der Waals surface area contributed by atoms with E-state index in [4.69, 9.17) is 4.42 Å². The molecule has 0 aliphatic heterocycles. The maximum atomic E-state index is 6.60. The van der Waals surface area contributed by atoms with Gasteiger partial charge in [0.15, 0.2) is 0 Å². The number of hydrogen-bond donors (Lipinski definition) is 0. The van der Waals surface area contributed by atoms with Gasteiger partial charge < -0.3 is 8.98 Å². The molecule has 0 N–H and O–H groups in total. The summed E-state index contributed by atoms with van der Waals surface area (Å²) in [5.74, 6) is 0. The molecule has 0 saturated heterocycles. The van der Waals surface area contributed by atoms with Crippen LogP contribution in [0.4, 0.5) is 0 Å². The lowest BCUT2D eigenvalue weighted by atomic mass is 9.68. The van der Waals surface area contributed by atoms with E-state index in [1.54, 1.807) is 0 Å². The van der Waals surface area contributed by atoms with Crippen LogP contribution in [0.1, 0.15) is 43.2 Å². The molecular weight excluding hydrogens is 639 g/mol.